The minimum atomic E-state index is 0.761. The lowest BCUT2D eigenvalue weighted by molar-refractivity contribution is 1.27. The van der Waals surface area contributed by atoms with Gasteiger partial charge in [0.25, 0.3) is 0 Å². The molecule has 15 heavy (non-hydrogen) atoms. The number of anilines is 3. The normalized spacial score (nSPS) is 9.67. The van der Waals surface area contributed by atoms with Crippen LogP contribution in [0.15, 0.2) is 48.7 Å². The Balaban J connectivity index is 2.17. The SMILES string of the molecule is NNc1ccnc(Nc2ccccc2)c1. The van der Waals surface area contributed by atoms with Gasteiger partial charge in [0, 0.05) is 18.0 Å². The van der Waals surface area contributed by atoms with E-state index in [1.807, 2.05) is 36.4 Å². The second-order valence-corrected chi connectivity index (χ2v) is 3.07. The summed E-state index contributed by atoms with van der Waals surface area (Å²) in [6, 6.07) is 13.5. The minimum Gasteiger partial charge on any atom is -0.340 e. The van der Waals surface area contributed by atoms with Crippen molar-refractivity contribution < 1.29 is 0 Å². The summed E-state index contributed by atoms with van der Waals surface area (Å²) in [4.78, 5) is 4.18. The number of aromatic nitrogens is 1. The maximum absolute atomic E-state index is 5.31. The van der Waals surface area contributed by atoms with Crippen LogP contribution >= 0.6 is 0 Å². The molecule has 0 aliphatic heterocycles. The first-order chi connectivity index (χ1) is 7.38. The molecule has 0 fully saturated rings. The largest absolute Gasteiger partial charge is 0.340 e. The lowest BCUT2D eigenvalue weighted by Crippen LogP contribution is -2.07. The number of benzene rings is 1. The zero-order valence-electron chi connectivity index (χ0n) is 8.14. The molecule has 0 saturated heterocycles. The predicted octanol–water partition coefficient (Wildman–Crippen LogP) is 2.11. The molecule has 1 aromatic heterocycles. The van der Waals surface area contributed by atoms with Gasteiger partial charge in [-0.3, -0.25) is 5.84 Å². The molecule has 4 heteroatoms. The summed E-state index contributed by atoms with van der Waals surface area (Å²) in [6.07, 6.45) is 1.69. The summed E-state index contributed by atoms with van der Waals surface area (Å²) in [5.74, 6) is 6.07. The number of pyridine rings is 1. The highest BCUT2D eigenvalue weighted by Gasteiger charge is 1.95. The Morgan fingerprint density at radius 3 is 2.53 bits per heavy atom. The molecule has 76 valence electrons. The number of para-hydroxylation sites is 1. The van der Waals surface area contributed by atoms with Crippen LogP contribution in [0.1, 0.15) is 0 Å². The maximum atomic E-state index is 5.31. The van der Waals surface area contributed by atoms with Crippen LogP contribution in [0.2, 0.25) is 0 Å². The van der Waals surface area contributed by atoms with Crippen LogP contribution in [-0.2, 0) is 0 Å². The molecule has 0 radical (unpaired) electrons. The fraction of sp³-hybridized carbons (Fsp3) is 0. The van der Waals surface area contributed by atoms with Crippen LogP contribution in [0.4, 0.5) is 17.2 Å². The summed E-state index contributed by atoms with van der Waals surface area (Å²) in [5.41, 5.74) is 4.39. The van der Waals surface area contributed by atoms with Gasteiger partial charge >= 0.3 is 0 Å². The first-order valence-electron chi connectivity index (χ1n) is 4.63. The van der Waals surface area contributed by atoms with Gasteiger partial charge in [0.2, 0.25) is 0 Å². The van der Waals surface area contributed by atoms with Gasteiger partial charge in [0.15, 0.2) is 0 Å². The van der Waals surface area contributed by atoms with Crippen LogP contribution in [0, 0.1) is 0 Å². The van der Waals surface area contributed by atoms with Crippen LogP contribution in [0.5, 0.6) is 0 Å². The number of nitrogen functional groups attached to an aromatic ring is 1. The summed E-state index contributed by atoms with van der Waals surface area (Å²) >= 11 is 0. The van der Waals surface area contributed by atoms with Crippen LogP contribution in [-0.4, -0.2) is 4.98 Å². The molecule has 1 aromatic carbocycles. The highest BCUT2D eigenvalue weighted by atomic mass is 15.2. The summed E-state index contributed by atoms with van der Waals surface area (Å²) < 4.78 is 0. The summed E-state index contributed by atoms with van der Waals surface area (Å²) in [7, 11) is 0. The topological polar surface area (TPSA) is 63.0 Å². The number of nitrogens with two attached hydrogens (primary N) is 1. The van der Waals surface area contributed by atoms with Crippen LogP contribution < -0.4 is 16.6 Å². The average Bonchev–Trinajstić information content (AvgIpc) is 2.31. The molecule has 0 amide bonds. The van der Waals surface area contributed by atoms with Gasteiger partial charge < -0.3 is 10.7 Å². The molecule has 0 aliphatic carbocycles. The number of hydrazine groups is 1. The van der Waals surface area contributed by atoms with Crippen molar-refractivity contribution in [3.05, 3.63) is 48.7 Å². The summed E-state index contributed by atoms with van der Waals surface area (Å²) in [5, 5.41) is 3.17. The Hall–Kier alpha value is -2.07. The molecular weight excluding hydrogens is 188 g/mol. The average molecular weight is 200 g/mol. The Morgan fingerprint density at radius 1 is 1.00 bits per heavy atom. The number of hydrogen-bond acceptors (Lipinski definition) is 4. The van der Waals surface area contributed by atoms with Crippen molar-refractivity contribution in [2.45, 2.75) is 0 Å². The Morgan fingerprint density at radius 2 is 1.80 bits per heavy atom. The zero-order valence-corrected chi connectivity index (χ0v) is 8.14. The van der Waals surface area contributed by atoms with Crippen molar-refractivity contribution in [3.63, 3.8) is 0 Å². The second kappa shape index (κ2) is 4.43. The number of nitrogens with zero attached hydrogens (tertiary/aromatic N) is 1. The second-order valence-electron chi connectivity index (χ2n) is 3.07. The third-order valence-corrected chi connectivity index (χ3v) is 1.97. The first-order valence-corrected chi connectivity index (χ1v) is 4.63. The minimum absolute atomic E-state index is 0.761. The van der Waals surface area contributed by atoms with Crippen LogP contribution in [0.3, 0.4) is 0 Å². The van der Waals surface area contributed by atoms with Gasteiger partial charge in [-0.15, -0.1) is 0 Å². The van der Waals surface area contributed by atoms with Gasteiger partial charge in [-0.25, -0.2) is 4.98 Å². The van der Waals surface area contributed by atoms with Crippen molar-refractivity contribution in [3.8, 4) is 0 Å². The fourth-order valence-corrected chi connectivity index (χ4v) is 1.26. The quantitative estimate of drug-likeness (QED) is 0.524. The molecular formula is C11H12N4. The molecule has 0 atom stereocenters. The van der Waals surface area contributed by atoms with E-state index in [-0.39, 0.29) is 0 Å². The number of hydrogen-bond donors (Lipinski definition) is 3. The van der Waals surface area contributed by atoms with E-state index in [4.69, 9.17) is 5.84 Å². The molecule has 0 unspecified atom stereocenters. The zero-order chi connectivity index (χ0) is 10.5. The van der Waals surface area contributed by atoms with E-state index in [1.54, 1.807) is 12.3 Å². The van der Waals surface area contributed by atoms with E-state index in [9.17, 15) is 0 Å². The van der Waals surface area contributed by atoms with E-state index in [0.717, 1.165) is 17.2 Å². The number of nitrogens with one attached hydrogen (secondary N) is 2. The lowest BCUT2D eigenvalue weighted by Gasteiger charge is -2.06. The number of rotatable bonds is 3. The van der Waals surface area contributed by atoms with Crippen molar-refractivity contribution >= 4 is 17.2 Å². The lowest BCUT2D eigenvalue weighted by atomic mass is 10.3. The molecule has 1 heterocycles. The van der Waals surface area contributed by atoms with E-state index in [2.05, 4.69) is 15.7 Å². The molecule has 2 rings (SSSR count). The smallest absolute Gasteiger partial charge is 0.132 e. The third-order valence-electron chi connectivity index (χ3n) is 1.97. The molecule has 4 N–H and O–H groups in total. The van der Waals surface area contributed by atoms with Crippen molar-refractivity contribution in [2.75, 3.05) is 10.7 Å². The van der Waals surface area contributed by atoms with Crippen LogP contribution in [0.25, 0.3) is 0 Å². The van der Waals surface area contributed by atoms with E-state index in [1.165, 1.54) is 0 Å². The highest BCUT2D eigenvalue weighted by Crippen LogP contribution is 2.16. The standard InChI is InChI=1S/C11H12N4/c12-15-10-6-7-13-11(8-10)14-9-4-2-1-3-5-9/h1-8H,12H2,(H2,13,14,15). The van der Waals surface area contributed by atoms with Crippen molar-refractivity contribution in [1.29, 1.82) is 0 Å². The van der Waals surface area contributed by atoms with Crippen molar-refractivity contribution in [1.82, 2.24) is 4.98 Å². The van der Waals surface area contributed by atoms with Gasteiger partial charge in [-0.05, 0) is 18.2 Å². The Bertz CT molecular complexity index is 428. The Labute approximate surface area is 88.1 Å². The van der Waals surface area contributed by atoms with Crippen molar-refractivity contribution in [2.24, 2.45) is 5.84 Å². The molecule has 0 bridgehead atoms. The Kier molecular flexibility index (Phi) is 2.80. The summed E-state index contributed by atoms with van der Waals surface area (Å²) in [6.45, 7) is 0. The van der Waals surface area contributed by atoms with Gasteiger partial charge in [-0.2, -0.15) is 0 Å². The molecule has 0 spiro atoms. The van der Waals surface area contributed by atoms with E-state index in [0.29, 0.717) is 0 Å². The molecule has 2 aromatic rings. The molecule has 0 saturated carbocycles. The van der Waals surface area contributed by atoms with Gasteiger partial charge in [-0.1, -0.05) is 18.2 Å². The third kappa shape index (κ3) is 2.45. The monoisotopic (exact) mass is 200 g/mol. The molecule has 4 nitrogen and oxygen atoms in total. The van der Waals surface area contributed by atoms with Gasteiger partial charge in [0.05, 0.1) is 5.69 Å². The van der Waals surface area contributed by atoms with Gasteiger partial charge in [0.1, 0.15) is 5.82 Å². The maximum Gasteiger partial charge on any atom is 0.132 e. The van der Waals surface area contributed by atoms with E-state index < -0.39 is 0 Å². The van der Waals surface area contributed by atoms with E-state index >= 15 is 0 Å². The first kappa shape index (κ1) is 9.48. The fourth-order valence-electron chi connectivity index (χ4n) is 1.26. The predicted molar refractivity (Wildman–Crippen MR) is 61.8 cm³/mol. The molecule has 0 aliphatic rings. The highest BCUT2D eigenvalue weighted by molar-refractivity contribution is 5.60.